The maximum absolute atomic E-state index is 11.0. The van der Waals surface area contributed by atoms with Crippen molar-refractivity contribution >= 4 is 10.1 Å². The van der Waals surface area contributed by atoms with Crippen LogP contribution in [0.15, 0.2) is 0 Å². The van der Waals surface area contributed by atoms with Crippen LogP contribution < -0.4 is 0 Å². The Bertz CT molecular complexity index is 324. The fourth-order valence-electron chi connectivity index (χ4n) is 3.08. The standard InChI is InChI=1S/C15H32O3S/c1-7-8-12(2)9-13(3)10-14(4)11-15(5)18-19(6,16)17/h12-15H,7-11H2,1-6H3/t12?,13-,14-,15-/m0/s1. The van der Waals surface area contributed by atoms with Gasteiger partial charge in [0.15, 0.2) is 0 Å². The fraction of sp³-hybridized carbons (Fsp3) is 1.00. The second kappa shape index (κ2) is 8.96. The molecule has 0 N–H and O–H groups in total. The third-order valence-corrected chi connectivity index (χ3v) is 4.14. The van der Waals surface area contributed by atoms with Gasteiger partial charge in [0.25, 0.3) is 10.1 Å². The number of rotatable bonds is 10. The Morgan fingerprint density at radius 1 is 0.895 bits per heavy atom. The molecule has 0 radical (unpaired) electrons. The topological polar surface area (TPSA) is 43.4 Å². The average Bonchev–Trinajstić information content (AvgIpc) is 2.12. The monoisotopic (exact) mass is 292 g/mol. The summed E-state index contributed by atoms with van der Waals surface area (Å²) in [5.74, 6) is 1.99. The lowest BCUT2D eigenvalue weighted by molar-refractivity contribution is 0.186. The van der Waals surface area contributed by atoms with E-state index in [2.05, 4.69) is 27.7 Å². The first-order valence-electron chi connectivity index (χ1n) is 7.52. The molecule has 0 saturated carbocycles. The Morgan fingerprint density at radius 2 is 1.37 bits per heavy atom. The van der Waals surface area contributed by atoms with Crippen molar-refractivity contribution in [1.29, 1.82) is 0 Å². The second-order valence-electron chi connectivity index (χ2n) is 6.42. The molecule has 0 fully saturated rings. The molecule has 0 aliphatic carbocycles. The molecule has 1 unspecified atom stereocenters. The highest BCUT2D eigenvalue weighted by Gasteiger charge is 2.17. The molecule has 0 saturated heterocycles. The zero-order valence-electron chi connectivity index (χ0n) is 13.5. The van der Waals surface area contributed by atoms with Crippen molar-refractivity contribution in [2.24, 2.45) is 17.8 Å². The SMILES string of the molecule is CCCC(C)C[C@H](C)C[C@H](C)C[C@H](C)OS(C)(=O)=O. The quantitative estimate of drug-likeness (QED) is 0.566. The van der Waals surface area contributed by atoms with Crippen molar-refractivity contribution in [2.75, 3.05) is 6.26 Å². The van der Waals surface area contributed by atoms with Gasteiger partial charge < -0.3 is 0 Å². The van der Waals surface area contributed by atoms with Crippen LogP contribution in [0.2, 0.25) is 0 Å². The molecule has 3 nitrogen and oxygen atoms in total. The maximum atomic E-state index is 11.0. The van der Waals surface area contributed by atoms with E-state index in [0.29, 0.717) is 11.8 Å². The van der Waals surface area contributed by atoms with E-state index in [-0.39, 0.29) is 6.10 Å². The van der Waals surface area contributed by atoms with E-state index in [1.54, 1.807) is 0 Å². The molecule has 19 heavy (non-hydrogen) atoms. The van der Waals surface area contributed by atoms with Crippen LogP contribution >= 0.6 is 0 Å². The Hall–Kier alpha value is -0.0900. The lowest BCUT2D eigenvalue weighted by Gasteiger charge is -2.22. The third kappa shape index (κ3) is 11.4. The van der Waals surface area contributed by atoms with Crippen LogP contribution in [0.3, 0.4) is 0 Å². The Morgan fingerprint density at radius 3 is 1.84 bits per heavy atom. The minimum atomic E-state index is -3.32. The van der Waals surface area contributed by atoms with Gasteiger partial charge in [0.2, 0.25) is 0 Å². The van der Waals surface area contributed by atoms with E-state index in [0.717, 1.165) is 25.0 Å². The molecule has 0 heterocycles. The second-order valence-corrected chi connectivity index (χ2v) is 8.02. The first-order valence-corrected chi connectivity index (χ1v) is 9.33. The first-order chi connectivity index (χ1) is 8.64. The number of hydrogen-bond donors (Lipinski definition) is 0. The van der Waals surface area contributed by atoms with Crippen LogP contribution in [0, 0.1) is 17.8 Å². The van der Waals surface area contributed by atoms with Crippen LogP contribution in [0.5, 0.6) is 0 Å². The fourth-order valence-corrected chi connectivity index (χ4v) is 3.76. The molecule has 0 amide bonds. The largest absolute Gasteiger partial charge is 0.267 e. The van der Waals surface area contributed by atoms with Crippen molar-refractivity contribution in [3.8, 4) is 0 Å². The van der Waals surface area contributed by atoms with Crippen molar-refractivity contribution in [3.63, 3.8) is 0 Å². The molecule has 0 aromatic carbocycles. The van der Waals surface area contributed by atoms with E-state index in [1.165, 1.54) is 19.3 Å². The van der Waals surface area contributed by atoms with Gasteiger partial charge in [-0.1, -0.05) is 40.5 Å². The lowest BCUT2D eigenvalue weighted by Crippen LogP contribution is -2.18. The summed E-state index contributed by atoms with van der Waals surface area (Å²) in [5.41, 5.74) is 0. The molecule has 116 valence electrons. The van der Waals surface area contributed by atoms with Gasteiger partial charge in [-0.25, -0.2) is 0 Å². The summed E-state index contributed by atoms with van der Waals surface area (Å²) in [4.78, 5) is 0. The summed E-state index contributed by atoms with van der Waals surface area (Å²) in [7, 11) is -3.32. The molecule has 0 aromatic heterocycles. The minimum Gasteiger partial charge on any atom is -0.267 e. The summed E-state index contributed by atoms with van der Waals surface area (Å²) in [6, 6.07) is 0. The Balaban J connectivity index is 3.99. The van der Waals surface area contributed by atoms with E-state index >= 15 is 0 Å². The predicted octanol–water partition coefficient (Wildman–Crippen LogP) is 4.23. The van der Waals surface area contributed by atoms with Gasteiger partial charge in [0.1, 0.15) is 0 Å². The van der Waals surface area contributed by atoms with Gasteiger partial charge in [-0.05, 0) is 43.9 Å². The van der Waals surface area contributed by atoms with Gasteiger partial charge in [-0.15, -0.1) is 0 Å². The summed E-state index contributed by atoms with van der Waals surface area (Å²) >= 11 is 0. The molecule has 0 spiro atoms. The summed E-state index contributed by atoms with van der Waals surface area (Å²) in [5, 5.41) is 0. The summed E-state index contributed by atoms with van der Waals surface area (Å²) in [6.45, 7) is 10.9. The normalized spacial score (nSPS) is 18.8. The average molecular weight is 292 g/mol. The Kier molecular flexibility index (Phi) is 8.92. The zero-order valence-corrected chi connectivity index (χ0v) is 14.3. The molecule has 0 aliphatic heterocycles. The lowest BCUT2D eigenvalue weighted by atomic mass is 9.86. The van der Waals surface area contributed by atoms with Crippen LogP contribution in [0.1, 0.15) is 66.7 Å². The maximum Gasteiger partial charge on any atom is 0.264 e. The molecule has 0 aliphatic rings. The third-order valence-electron chi connectivity index (χ3n) is 3.46. The molecular formula is C15H32O3S. The molecule has 4 atom stereocenters. The van der Waals surface area contributed by atoms with Gasteiger partial charge >= 0.3 is 0 Å². The first kappa shape index (κ1) is 18.9. The van der Waals surface area contributed by atoms with Crippen molar-refractivity contribution in [3.05, 3.63) is 0 Å². The van der Waals surface area contributed by atoms with Crippen molar-refractivity contribution < 1.29 is 12.6 Å². The van der Waals surface area contributed by atoms with Gasteiger partial charge in [-0.3, -0.25) is 4.18 Å². The van der Waals surface area contributed by atoms with Crippen LogP contribution in [0.4, 0.5) is 0 Å². The minimum absolute atomic E-state index is 0.217. The number of hydrogen-bond acceptors (Lipinski definition) is 3. The summed E-state index contributed by atoms with van der Waals surface area (Å²) < 4.78 is 27.1. The highest BCUT2D eigenvalue weighted by molar-refractivity contribution is 7.86. The summed E-state index contributed by atoms with van der Waals surface area (Å²) in [6.07, 6.45) is 6.66. The smallest absolute Gasteiger partial charge is 0.264 e. The van der Waals surface area contributed by atoms with Crippen LogP contribution in [-0.4, -0.2) is 20.8 Å². The Labute approximate surface area is 120 Å². The molecular weight excluding hydrogens is 260 g/mol. The van der Waals surface area contributed by atoms with E-state index < -0.39 is 10.1 Å². The van der Waals surface area contributed by atoms with E-state index in [4.69, 9.17) is 4.18 Å². The molecule has 0 rings (SSSR count). The zero-order chi connectivity index (χ0) is 15.1. The molecule has 0 bridgehead atoms. The molecule has 0 aromatic rings. The van der Waals surface area contributed by atoms with Gasteiger partial charge in [0, 0.05) is 0 Å². The van der Waals surface area contributed by atoms with Crippen molar-refractivity contribution in [2.45, 2.75) is 72.8 Å². The highest BCUT2D eigenvalue weighted by Crippen LogP contribution is 2.25. The van der Waals surface area contributed by atoms with E-state index in [1.807, 2.05) is 6.92 Å². The predicted molar refractivity (Wildman–Crippen MR) is 81.6 cm³/mol. The van der Waals surface area contributed by atoms with E-state index in [9.17, 15) is 8.42 Å². The van der Waals surface area contributed by atoms with Crippen molar-refractivity contribution in [1.82, 2.24) is 0 Å². The molecule has 4 heteroatoms. The highest BCUT2D eigenvalue weighted by atomic mass is 32.2. The van der Waals surface area contributed by atoms with Gasteiger partial charge in [-0.2, -0.15) is 8.42 Å². The van der Waals surface area contributed by atoms with Crippen LogP contribution in [-0.2, 0) is 14.3 Å². The van der Waals surface area contributed by atoms with Gasteiger partial charge in [0.05, 0.1) is 12.4 Å². The van der Waals surface area contributed by atoms with Crippen LogP contribution in [0.25, 0.3) is 0 Å².